The number of aryl methyl sites for hydroxylation is 2. The molecule has 0 aliphatic heterocycles. The Kier molecular flexibility index (Phi) is 8.10. The maximum atomic E-state index is 12.2. The van der Waals surface area contributed by atoms with Crippen molar-refractivity contribution >= 4 is 22.1 Å². The Balaban J connectivity index is 0.000000157. The van der Waals surface area contributed by atoms with Gasteiger partial charge in [0.2, 0.25) is 0 Å². The Hall–Kier alpha value is -5.34. The summed E-state index contributed by atoms with van der Waals surface area (Å²) < 4.78 is 3.41. The topological polar surface area (TPSA) is 208 Å². The second kappa shape index (κ2) is 12.2. The van der Waals surface area contributed by atoms with Crippen LogP contribution in [0.5, 0.6) is 0 Å². The highest BCUT2D eigenvalue weighted by Gasteiger charge is 2.49. The molecule has 2 fully saturated rings. The normalized spacial score (nSPS) is 16.9. The number of H-pyrrole nitrogens is 4. The van der Waals surface area contributed by atoms with Crippen molar-refractivity contribution in [3.63, 3.8) is 0 Å². The quantitative estimate of drug-likeness (QED) is 0.140. The van der Waals surface area contributed by atoms with Gasteiger partial charge in [0.1, 0.15) is 33.5 Å². The minimum atomic E-state index is -0.577. The van der Waals surface area contributed by atoms with Gasteiger partial charge in [0, 0.05) is 0 Å². The van der Waals surface area contributed by atoms with E-state index in [9.17, 15) is 29.4 Å². The lowest BCUT2D eigenvalue weighted by Crippen LogP contribution is -2.25. The molecule has 0 radical (unpaired) electrons. The lowest BCUT2D eigenvalue weighted by Gasteiger charge is -2.25. The highest BCUT2D eigenvalue weighted by Crippen LogP contribution is 2.57. The van der Waals surface area contributed by atoms with Crippen molar-refractivity contribution in [2.45, 2.75) is 78.7 Å². The lowest BCUT2D eigenvalue weighted by molar-refractivity contribution is 0.273. The van der Waals surface area contributed by atoms with Crippen LogP contribution in [-0.2, 0) is 13.2 Å². The number of aromatic nitrogens is 8. The zero-order valence-corrected chi connectivity index (χ0v) is 28.3. The van der Waals surface area contributed by atoms with Crippen LogP contribution in [0.4, 0.5) is 0 Å². The predicted octanol–water partition coefficient (Wildman–Crippen LogP) is 3.21. The van der Waals surface area contributed by atoms with Gasteiger partial charge in [-0.3, -0.25) is 29.5 Å². The predicted molar refractivity (Wildman–Crippen MR) is 187 cm³/mol. The first-order valence-corrected chi connectivity index (χ1v) is 16.7. The summed E-state index contributed by atoms with van der Waals surface area (Å²) in [5, 5.41) is 28.7. The number of nitrogens with one attached hydrogen (secondary N) is 4. The Labute approximate surface area is 284 Å². The third-order valence-electron chi connectivity index (χ3n) is 10.3. The minimum Gasteiger partial charge on any atom is -0.390 e. The maximum Gasteiger partial charge on any atom is 0.327 e. The highest BCUT2D eigenvalue weighted by molar-refractivity contribution is 5.78. The molecule has 6 aromatic rings. The van der Waals surface area contributed by atoms with Crippen LogP contribution < -0.4 is 22.5 Å². The lowest BCUT2D eigenvalue weighted by atomic mass is 9.91. The molecule has 0 saturated heterocycles. The number of rotatable bonds is 8. The molecule has 2 aliphatic carbocycles. The fraction of sp³-hybridized carbons (Fsp3) is 0.389. The standard InChI is InChI=1S/2C18H20N4O3/c2*1-10-3-5-11(6-4-10)14(18(2)7-8-18)22-15-13(12(9-23)21-22)16(24)20-17(25)19-15/h2*3-6,14,23H,7-9H2,1-2H3,(H2,19,20,24,25)/t2*14-/m10/s1. The van der Waals surface area contributed by atoms with Gasteiger partial charge in [-0.1, -0.05) is 73.5 Å². The molecule has 4 aromatic heterocycles. The monoisotopic (exact) mass is 680 g/mol. The first kappa shape index (κ1) is 33.2. The Morgan fingerprint density at radius 1 is 0.620 bits per heavy atom. The van der Waals surface area contributed by atoms with Crippen molar-refractivity contribution in [1.82, 2.24) is 39.5 Å². The molecule has 2 saturated carbocycles. The molecule has 0 unspecified atom stereocenters. The molecule has 2 aromatic carbocycles. The molecule has 6 N–H and O–H groups in total. The largest absolute Gasteiger partial charge is 0.390 e. The summed E-state index contributed by atoms with van der Waals surface area (Å²) in [5.74, 6) is 0. The van der Waals surface area contributed by atoms with E-state index in [0.717, 1.165) is 47.9 Å². The van der Waals surface area contributed by atoms with Gasteiger partial charge in [-0.2, -0.15) is 10.2 Å². The van der Waals surface area contributed by atoms with Gasteiger partial charge in [-0.05, 0) is 61.5 Å². The average Bonchev–Trinajstić information content (AvgIpc) is 3.93. The zero-order valence-electron chi connectivity index (χ0n) is 28.3. The number of fused-ring (bicyclic) bond motifs is 2. The first-order valence-electron chi connectivity index (χ1n) is 16.7. The second-order valence-corrected chi connectivity index (χ2v) is 14.3. The smallest absolute Gasteiger partial charge is 0.327 e. The van der Waals surface area contributed by atoms with E-state index in [2.05, 4.69) is 68.2 Å². The van der Waals surface area contributed by atoms with Crippen LogP contribution in [0.3, 0.4) is 0 Å². The second-order valence-electron chi connectivity index (χ2n) is 14.3. The van der Waals surface area contributed by atoms with E-state index in [-0.39, 0.29) is 58.3 Å². The van der Waals surface area contributed by atoms with Crippen LogP contribution in [0.1, 0.15) is 85.3 Å². The summed E-state index contributed by atoms with van der Waals surface area (Å²) >= 11 is 0. The molecular formula is C36H40N8O6. The van der Waals surface area contributed by atoms with Crippen molar-refractivity contribution in [2.75, 3.05) is 0 Å². The number of benzene rings is 2. The number of aromatic amines is 4. The fourth-order valence-corrected chi connectivity index (χ4v) is 7.00. The molecule has 0 bridgehead atoms. The summed E-state index contributed by atoms with van der Waals surface area (Å²) in [6.45, 7) is 7.68. The van der Waals surface area contributed by atoms with Crippen molar-refractivity contribution in [2.24, 2.45) is 10.8 Å². The summed E-state index contributed by atoms with van der Waals surface area (Å²) in [6.07, 6.45) is 4.15. The van der Waals surface area contributed by atoms with Crippen LogP contribution in [-0.4, -0.2) is 49.7 Å². The van der Waals surface area contributed by atoms with E-state index >= 15 is 0 Å². The molecule has 2 aliphatic rings. The minimum absolute atomic E-state index is 0.000421. The van der Waals surface area contributed by atoms with Crippen LogP contribution in [0.15, 0.2) is 67.7 Å². The number of nitrogens with zero attached hydrogens (tertiary/aromatic N) is 4. The van der Waals surface area contributed by atoms with E-state index in [1.807, 2.05) is 38.1 Å². The Morgan fingerprint density at radius 2 is 0.960 bits per heavy atom. The van der Waals surface area contributed by atoms with Gasteiger partial charge in [0.25, 0.3) is 11.1 Å². The number of aliphatic hydroxyl groups excluding tert-OH is 2. The summed E-state index contributed by atoms with van der Waals surface area (Å²) in [4.78, 5) is 57.9. The van der Waals surface area contributed by atoms with Crippen LogP contribution in [0, 0.1) is 24.7 Å². The van der Waals surface area contributed by atoms with Crippen molar-refractivity contribution in [3.05, 3.63) is 124 Å². The van der Waals surface area contributed by atoms with E-state index in [1.165, 1.54) is 0 Å². The molecule has 260 valence electrons. The van der Waals surface area contributed by atoms with Gasteiger partial charge < -0.3 is 10.2 Å². The van der Waals surface area contributed by atoms with Crippen molar-refractivity contribution < 1.29 is 10.2 Å². The van der Waals surface area contributed by atoms with Gasteiger partial charge in [-0.15, -0.1) is 0 Å². The molecule has 14 nitrogen and oxygen atoms in total. The molecule has 0 spiro atoms. The van der Waals surface area contributed by atoms with Crippen LogP contribution in [0.2, 0.25) is 0 Å². The van der Waals surface area contributed by atoms with E-state index in [1.54, 1.807) is 9.36 Å². The summed E-state index contributed by atoms with van der Waals surface area (Å²) in [7, 11) is 0. The number of hydrogen-bond acceptors (Lipinski definition) is 8. The van der Waals surface area contributed by atoms with Gasteiger partial charge in [0.15, 0.2) is 0 Å². The Morgan fingerprint density at radius 3 is 1.26 bits per heavy atom. The third-order valence-corrected chi connectivity index (χ3v) is 10.3. The van der Waals surface area contributed by atoms with E-state index in [4.69, 9.17) is 0 Å². The summed E-state index contributed by atoms with van der Waals surface area (Å²) in [6, 6.07) is 16.2. The van der Waals surface area contributed by atoms with Gasteiger partial charge in [-0.25, -0.2) is 19.0 Å². The number of hydrogen-bond donors (Lipinski definition) is 6. The van der Waals surface area contributed by atoms with E-state index < -0.39 is 22.5 Å². The number of aliphatic hydroxyl groups is 2. The third kappa shape index (κ3) is 5.83. The molecule has 0 amide bonds. The van der Waals surface area contributed by atoms with Crippen LogP contribution >= 0.6 is 0 Å². The first-order chi connectivity index (χ1) is 23.9. The zero-order chi connectivity index (χ0) is 35.5. The van der Waals surface area contributed by atoms with Crippen LogP contribution in [0.25, 0.3) is 22.1 Å². The maximum absolute atomic E-state index is 12.2. The molecule has 2 atom stereocenters. The molecule has 4 heterocycles. The molecule has 50 heavy (non-hydrogen) atoms. The molecular weight excluding hydrogens is 640 g/mol. The van der Waals surface area contributed by atoms with Crippen molar-refractivity contribution in [1.29, 1.82) is 0 Å². The Bertz CT molecular complexity index is 2280. The molecule has 14 heteroatoms. The fourth-order valence-electron chi connectivity index (χ4n) is 7.00. The van der Waals surface area contributed by atoms with E-state index in [0.29, 0.717) is 11.3 Å². The van der Waals surface area contributed by atoms with Crippen molar-refractivity contribution in [3.8, 4) is 0 Å². The van der Waals surface area contributed by atoms with Gasteiger partial charge in [0.05, 0.1) is 25.3 Å². The molecule has 8 rings (SSSR count). The summed E-state index contributed by atoms with van der Waals surface area (Å²) in [5.41, 5.74) is 3.51. The van der Waals surface area contributed by atoms with Gasteiger partial charge >= 0.3 is 11.4 Å². The highest BCUT2D eigenvalue weighted by atomic mass is 16.3. The average molecular weight is 681 g/mol. The SMILES string of the molecule is Cc1ccc([C@@H](n2nc(CO)c3c(=O)[nH]c(=O)[nH]c32)C2(C)CC2)cc1.Cc1ccc([C@H](n2nc(CO)c3c(=O)[nH]c(=O)[nH]c32)C2(C)CC2)cc1.